The summed E-state index contributed by atoms with van der Waals surface area (Å²) in [6, 6.07) is 5.45. The summed E-state index contributed by atoms with van der Waals surface area (Å²) in [5.74, 6) is 0.380. The maximum Gasteiger partial charge on any atom is 0.267 e. The van der Waals surface area contributed by atoms with E-state index < -0.39 is 0 Å². The highest BCUT2D eigenvalue weighted by atomic mass is 32.2. The van der Waals surface area contributed by atoms with E-state index in [0.717, 1.165) is 12.8 Å². The summed E-state index contributed by atoms with van der Waals surface area (Å²) >= 11 is 6.71. The van der Waals surface area contributed by atoms with Gasteiger partial charge in [-0.25, -0.2) is 4.98 Å². The number of thioether (sulfide) groups is 1. The first-order valence-electron chi connectivity index (χ1n) is 11.2. The zero-order chi connectivity index (χ0) is 23.1. The van der Waals surface area contributed by atoms with E-state index in [9.17, 15) is 9.59 Å². The quantitative estimate of drug-likeness (QED) is 0.482. The third-order valence-corrected chi connectivity index (χ3v) is 7.41. The van der Waals surface area contributed by atoms with Crippen LogP contribution in [0.15, 0.2) is 34.1 Å². The molecule has 3 saturated heterocycles. The Bertz CT molecular complexity index is 1180. The Morgan fingerprint density at radius 3 is 2.76 bits per heavy atom. The number of amides is 1. The van der Waals surface area contributed by atoms with Crippen LogP contribution in [0.2, 0.25) is 0 Å². The Morgan fingerprint density at radius 2 is 2.03 bits per heavy atom. The minimum absolute atomic E-state index is 0.00208. The van der Waals surface area contributed by atoms with Gasteiger partial charge in [-0.1, -0.05) is 30.0 Å². The first kappa shape index (κ1) is 22.5. The lowest BCUT2D eigenvalue weighted by molar-refractivity contribution is -0.123. The molecule has 1 amide bonds. The van der Waals surface area contributed by atoms with Crippen LogP contribution < -0.4 is 10.5 Å². The molecule has 174 valence electrons. The molecule has 0 N–H and O–H groups in total. The SMILES string of the molecule is C[C@H]1CN(c2nc3ccccn3c(=O)c2/C=C2\SC(=S)N(C[C@@H]3CCCO3)C2=O)C[C@H](C)O1. The molecule has 2 aromatic heterocycles. The molecule has 2 aromatic rings. The van der Waals surface area contributed by atoms with Gasteiger partial charge in [0.1, 0.15) is 15.8 Å². The molecule has 0 aromatic carbocycles. The summed E-state index contributed by atoms with van der Waals surface area (Å²) in [6.07, 6.45) is 5.28. The minimum atomic E-state index is -0.216. The molecule has 33 heavy (non-hydrogen) atoms. The van der Waals surface area contributed by atoms with Crippen molar-refractivity contribution in [2.45, 2.75) is 45.0 Å². The number of aromatic nitrogens is 2. The number of thiocarbonyl (C=S) groups is 1. The number of hydrogen-bond acceptors (Lipinski definition) is 8. The van der Waals surface area contributed by atoms with E-state index in [-0.39, 0.29) is 29.8 Å². The first-order chi connectivity index (χ1) is 15.9. The largest absolute Gasteiger partial charge is 0.376 e. The van der Waals surface area contributed by atoms with Gasteiger partial charge in [0.05, 0.1) is 35.3 Å². The maximum absolute atomic E-state index is 13.5. The molecule has 0 bridgehead atoms. The number of fused-ring (bicyclic) bond motifs is 1. The Kier molecular flexibility index (Phi) is 6.26. The Balaban J connectivity index is 1.56. The van der Waals surface area contributed by atoms with Crippen LogP contribution in [-0.4, -0.2) is 69.1 Å². The fraction of sp³-hybridized carbons (Fsp3) is 0.478. The van der Waals surface area contributed by atoms with E-state index in [1.54, 1.807) is 23.2 Å². The van der Waals surface area contributed by atoms with E-state index in [1.807, 2.05) is 26.0 Å². The standard InChI is InChI=1S/C23H26N4O4S2/c1-14-11-25(12-15(2)31-14)20-17(21(28)26-8-4-3-7-19(26)24-20)10-18-22(29)27(23(32)33-18)13-16-6-5-9-30-16/h3-4,7-8,10,14-16H,5-6,9,11-13H2,1-2H3/b18-10-/t14-,15-,16-/m0/s1. The molecule has 10 heteroatoms. The molecule has 8 nitrogen and oxygen atoms in total. The highest BCUT2D eigenvalue weighted by Crippen LogP contribution is 2.34. The van der Waals surface area contributed by atoms with Crippen molar-refractivity contribution in [2.75, 3.05) is 31.1 Å². The number of ether oxygens (including phenoxy) is 2. The van der Waals surface area contributed by atoms with Crippen LogP contribution in [-0.2, 0) is 14.3 Å². The van der Waals surface area contributed by atoms with Crippen LogP contribution in [0.1, 0.15) is 32.3 Å². The van der Waals surface area contributed by atoms with Crippen LogP contribution >= 0.6 is 24.0 Å². The third-order valence-electron chi connectivity index (χ3n) is 6.03. The van der Waals surface area contributed by atoms with Crippen LogP contribution in [0.3, 0.4) is 0 Å². The van der Waals surface area contributed by atoms with E-state index >= 15 is 0 Å². The molecule has 3 atom stereocenters. The van der Waals surface area contributed by atoms with Crippen molar-refractivity contribution in [3.8, 4) is 0 Å². The lowest BCUT2D eigenvalue weighted by Crippen LogP contribution is -2.46. The number of morpholine rings is 1. The number of pyridine rings is 1. The monoisotopic (exact) mass is 486 g/mol. The van der Waals surface area contributed by atoms with Gasteiger partial charge in [-0.3, -0.25) is 18.9 Å². The highest BCUT2D eigenvalue weighted by molar-refractivity contribution is 8.26. The summed E-state index contributed by atoms with van der Waals surface area (Å²) in [5, 5.41) is 0. The summed E-state index contributed by atoms with van der Waals surface area (Å²) < 4.78 is 13.6. The number of nitrogens with zero attached hydrogens (tertiary/aromatic N) is 4. The number of carbonyl (C=O) groups excluding carboxylic acids is 1. The molecule has 0 unspecified atom stereocenters. The van der Waals surface area contributed by atoms with Gasteiger partial charge < -0.3 is 14.4 Å². The average Bonchev–Trinajstić information content (AvgIpc) is 3.39. The summed E-state index contributed by atoms with van der Waals surface area (Å²) in [6.45, 7) is 6.40. The fourth-order valence-electron chi connectivity index (χ4n) is 4.59. The summed E-state index contributed by atoms with van der Waals surface area (Å²) in [4.78, 5) is 35.6. The number of anilines is 1. The van der Waals surface area contributed by atoms with Crippen molar-refractivity contribution < 1.29 is 14.3 Å². The first-order valence-corrected chi connectivity index (χ1v) is 12.4. The lowest BCUT2D eigenvalue weighted by Gasteiger charge is -2.36. The van der Waals surface area contributed by atoms with Crippen LogP contribution in [0.25, 0.3) is 11.7 Å². The van der Waals surface area contributed by atoms with E-state index in [2.05, 4.69) is 4.90 Å². The zero-order valence-electron chi connectivity index (χ0n) is 18.6. The molecule has 3 fully saturated rings. The van der Waals surface area contributed by atoms with E-state index in [1.165, 1.54) is 16.2 Å². The highest BCUT2D eigenvalue weighted by Gasteiger charge is 2.35. The smallest absolute Gasteiger partial charge is 0.267 e. The summed E-state index contributed by atoms with van der Waals surface area (Å²) in [7, 11) is 0. The zero-order valence-corrected chi connectivity index (χ0v) is 20.2. The van der Waals surface area contributed by atoms with Gasteiger partial charge >= 0.3 is 0 Å². The molecule has 5 heterocycles. The van der Waals surface area contributed by atoms with Crippen molar-refractivity contribution in [3.63, 3.8) is 0 Å². The van der Waals surface area contributed by atoms with Crippen molar-refractivity contribution >= 4 is 51.7 Å². The molecule has 3 aliphatic heterocycles. The predicted molar refractivity (Wildman–Crippen MR) is 133 cm³/mol. The van der Waals surface area contributed by atoms with Crippen LogP contribution in [0, 0.1) is 0 Å². The molecule has 0 radical (unpaired) electrons. The maximum atomic E-state index is 13.5. The second kappa shape index (κ2) is 9.17. The Labute approximate surface area is 201 Å². The van der Waals surface area contributed by atoms with E-state index in [4.69, 9.17) is 26.7 Å². The van der Waals surface area contributed by atoms with Gasteiger partial charge in [-0.05, 0) is 44.9 Å². The number of rotatable bonds is 4. The van der Waals surface area contributed by atoms with Crippen molar-refractivity contribution in [2.24, 2.45) is 0 Å². The lowest BCUT2D eigenvalue weighted by atomic mass is 10.1. The molecular formula is C23H26N4O4S2. The topological polar surface area (TPSA) is 76.4 Å². The van der Waals surface area contributed by atoms with Crippen LogP contribution in [0.4, 0.5) is 5.82 Å². The van der Waals surface area contributed by atoms with Gasteiger partial charge in [-0.2, -0.15) is 0 Å². The molecule has 5 rings (SSSR count). The van der Waals surface area contributed by atoms with Gasteiger partial charge in [0.25, 0.3) is 11.5 Å². The molecule has 0 spiro atoms. The Hall–Kier alpha value is -2.27. The van der Waals surface area contributed by atoms with Gasteiger partial charge in [-0.15, -0.1) is 0 Å². The fourth-order valence-corrected chi connectivity index (χ4v) is 5.85. The molecule has 0 aliphatic carbocycles. The molecule has 3 aliphatic rings. The molecular weight excluding hydrogens is 460 g/mol. The van der Waals surface area contributed by atoms with E-state index in [0.29, 0.717) is 52.5 Å². The summed E-state index contributed by atoms with van der Waals surface area (Å²) in [5.41, 5.74) is 0.733. The van der Waals surface area contributed by atoms with Crippen molar-refractivity contribution in [1.82, 2.24) is 14.3 Å². The number of hydrogen-bond donors (Lipinski definition) is 0. The van der Waals surface area contributed by atoms with Gasteiger partial charge in [0.2, 0.25) is 0 Å². The Morgan fingerprint density at radius 1 is 1.24 bits per heavy atom. The minimum Gasteiger partial charge on any atom is -0.376 e. The van der Waals surface area contributed by atoms with Crippen LogP contribution in [0.5, 0.6) is 0 Å². The molecule has 0 saturated carbocycles. The van der Waals surface area contributed by atoms with Gasteiger partial charge in [0.15, 0.2) is 0 Å². The predicted octanol–water partition coefficient (Wildman–Crippen LogP) is 2.69. The normalized spacial score (nSPS) is 27.3. The average molecular weight is 487 g/mol. The van der Waals surface area contributed by atoms with Crippen molar-refractivity contribution in [3.05, 3.63) is 45.2 Å². The van der Waals surface area contributed by atoms with Crippen molar-refractivity contribution in [1.29, 1.82) is 0 Å². The second-order valence-electron chi connectivity index (χ2n) is 8.67. The number of carbonyl (C=O) groups is 1. The second-order valence-corrected chi connectivity index (χ2v) is 10.3. The van der Waals surface area contributed by atoms with Gasteiger partial charge in [0, 0.05) is 25.9 Å². The third kappa shape index (κ3) is 4.44.